The predicted molar refractivity (Wildman–Crippen MR) is 93.5 cm³/mol. The summed E-state index contributed by atoms with van der Waals surface area (Å²) in [6.07, 6.45) is 5.64. The summed E-state index contributed by atoms with van der Waals surface area (Å²) in [6, 6.07) is 10.2. The Morgan fingerprint density at radius 3 is 2.48 bits per heavy atom. The largest absolute Gasteiger partial charge is 1.00 e. The van der Waals surface area contributed by atoms with Crippen molar-refractivity contribution in [1.82, 2.24) is 9.78 Å². The van der Waals surface area contributed by atoms with E-state index in [0.29, 0.717) is 18.1 Å². The monoisotopic (exact) mass is 356 g/mol. The maximum atomic E-state index is 6.15. The highest BCUT2D eigenvalue weighted by atomic mass is 35.5. The van der Waals surface area contributed by atoms with Gasteiger partial charge < -0.3 is 18.1 Å². The average Bonchev–Trinajstić information content (AvgIpc) is 2.91. The van der Waals surface area contributed by atoms with Crippen molar-refractivity contribution in [3.63, 3.8) is 0 Å². The van der Waals surface area contributed by atoms with Gasteiger partial charge in [-0.1, -0.05) is 12.1 Å². The van der Waals surface area contributed by atoms with Crippen molar-refractivity contribution >= 4 is 17.2 Å². The lowest BCUT2D eigenvalue weighted by Crippen LogP contribution is -3.00. The molecule has 1 aromatic carbocycles. The van der Waals surface area contributed by atoms with Crippen molar-refractivity contribution in [2.24, 2.45) is 17.3 Å². The Kier molecular flexibility index (Phi) is 5.88. The topological polar surface area (TPSA) is 72.4 Å². The molecule has 0 aliphatic rings. The van der Waals surface area contributed by atoms with Crippen LogP contribution < -0.4 is 22.7 Å². The van der Waals surface area contributed by atoms with Crippen LogP contribution in [0.1, 0.15) is 16.7 Å². The molecule has 0 radical (unpaired) electrons. The molecule has 0 amide bonds. The first kappa shape index (κ1) is 18.6. The minimum Gasteiger partial charge on any atom is -1.00 e. The number of aryl methyl sites for hydroxylation is 3. The van der Waals surface area contributed by atoms with Crippen LogP contribution in [0, 0.1) is 13.8 Å². The SMILES string of the molecule is Cc1ccc(C)c(/N=N/c2cnn(Cc3cc[n+](C)cc3)c2N)c1.[Cl-]. The zero-order valence-corrected chi connectivity index (χ0v) is 15.3. The lowest BCUT2D eigenvalue weighted by Gasteiger charge is -2.03. The van der Waals surface area contributed by atoms with Crippen LogP contribution in [0.4, 0.5) is 17.2 Å². The summed E-state index contributed by atoms with van der Waals surface area (Å²) in [5.41, 5.74) is 10.9. The summed E-state index contributed by atoms with van der Waals surface area (Å²) in [6.45, 7) is 4.65. The number of aromatic nitrogens is 3. The molecule has 0 spiro atoms. The molecule has 0 unspecified atom stereocenters. The van der Waals surface area contributed by atoms with Crippen molar-refractivity contribution in [1.29, 1.82) is 0 Å². The Hall–Kier alpha value is -2.73. The molecule has 0 fully saturated rings. The first-order valence-electron chi connectivity index (χ1n) is 7.77. The number of nitrogens with zero attached hydrogens (tertiary/aromatic N) is 5. The number of nitrogen functional groups attached to an aromatic ring is 1. The highest BCUT2D eigenvalue weighted by Crippen LogP contribution is 2.26. The molecule has 0 saturated carbocycles. The Morgan fingerprint density at radius 2 is 1.76 bits per heavy atom. The molecule has 0 aliphatic heterocycles. The third-order valence-corrected chi connectivity index (χ3v) is 3.87. The van der Waals surface area contributed by atoms with E-state index in [4.69, 9.17) is 5.73 Å². The molecule has 0 saturated heterocycles. The lowest BCUT2D eigenvalue weighted by atomic mass is 10.1. The highest BCUT2D eigenvalue weighted by molar-refractivity contribution is 5.57. The van der Waals surface area contributed by atoms with Crippen LogP contribution in [-0.4, -0.2) is 9.78 Å². The fraction of sp³-hybridized carbons (Fsp3) is 0.222. The minimum absolute atomic E-state index is 0. The Bertz CT molecular complexity index is 883. The number of azo groups is 1. The van der Waals surface area contributed by atoms with Gasteiger partial charge in [-0.2, -0.15) is 10.2 Å². The van der Waals surface area contributed by atoms with Crippen molar-refractivity contribution in [2.75, 3.05) is 5.73 Å². The first-order chi connectivity index (χ1) is 11.5. The van der Waals surface area contributed by atoms with Gasteiger partial charge >= 0.3 is 0 Å². The molecule has 2 heterocycles. The molecule has 3 rings (SSSR count). The van der Waals surface area contributed by atoms with Gasteiger partial charge in [-0.15, -0.1) is 5.11 Å². The Morgan fingerprint density at radius 1 is 1.08 bits per heavy atom. The van der Waals surface area contributed by atoms with Gasteiger partial charge in [0.15, 0.2) is 12.4 Å². The van der Waals surface area contributed by atoms with E-state index in [1.165, 1.54) is 0 Å². The molecule has 0 aliphatic carbocycles. The van der Waals surface area contributed by atoms with Crippen molar-refractivity contribution < 1.29 is 17.0 Å². The molecule has 2 aromatic heterocycles. The van der Waals surface area contributed by atoms with Crippen molar-refractivity contribution in [3.8, 4) is 0 Å². The molecule has 25 heavy (non-hydrogen) atoms. The summed E-state index contributed by atoms with van der Waals surface area (Å²) in [5, 5.41) is 12.9. The van der Waals surface area contributed by atoms with Gasteiger partial charge in [0.2, 0.25) is 0 Å². The second-order valence-corrected chi connectivity index (χ2v) is 5.93. The van der Waals surface area contributed by atoms with E-state index >= 15 is 0 Å². The number of benzene rings is 1. The van der Waals surface area contributed by atoms with E-state index in [1.807, 2.05) is 62.1 Å². The molecule has 130 valence electrons. The van der Waals surface area contributed by atoms with E-state index in [0.717, 1.165) is 22.4 Å². The summed E-state index contributed by atoms with van der Waals surface area (Å²) in [5.74, 6) is 0.511. The van der Waals surface area contributed by atoms with Crippen LogP contribution >= 0.6 is 0 Å². The summed E-state index contributed by atoms with van der Waals surface area (Å²) >= 11 is 0. The van der Waals surface area contributed by atoms with E-state index in [-0.39, 0.29) is 12.4 Å². The first-order valence-corrected chi connectivity index (χ1v) is 7.77. The normalized spacial score (nSPS) is 10.8. The van der Waals surface area contributed by atoms with Crippen molar-refractivity contribution in [2.45, 2.75) is 20.4 Å². The van der Waals surface area contributed by atoms with Gasteiger partial charge in [0.1, 0.15) is 18.6 Å². The second kappa shape index (κ2) is 7.90. The number of nitrogens with two attached hydrogens (primary N) is 1. The fourth-order valence-corrected chi connectivity index (χ4v) is 2.33. The Balaban J connectivity index is 0.00000225. The third kappa shape index (κ3) is 4.42. The molecule has 0 atom stereocenters. The summed E-state index contributed by atoms with van der Waals surface area (Å²) in [7, 11) is 1.98. The quantitative estimate of drug-likeness (QED) is 0.542. The van der Waals surface area contributed by atoms with Gasteiger partial charge in [0.05, 0.1) is 18.4 Å². The molecule has 3 aromatic rings. The molecular weight excluding hydrogens is 336 g/mol. The third-order valence-electron chi connectivity index (χ3n) is 3.87. The smallest absolute Gasteiger partial charge is 0.168 e. The van der Waals surface area contributed by atoms with E-state index in [2.05, 4.69) is 21.4 Å². The Labute approximate surface area is 153 Å². The summed E-state index contributed by atoms with van der Waals surface area (Å²) in [4.78, 5) is 0. The van der Waals surface area contributed by atoms with Crippen LogP contribution in [0.3, 0.4) is 0 Å². The number of halogens is 1. The molecular formula is C18H21ClN6. The van der Waals surface area contributed by atoms with E-state index in [9.17, 15) is 0 Å². The predicted octanol–water partition coefficient (Wildman–Crippen LogP) is 0.374. The molecule has 0 bridgehead atoms. The van der Waals surface area contributed by atoms with Gasteiger partial charge in [-0.05, 0) is 36.6 Å². The molecule has 2 N–H and O–H groups in total. The highest BCUT2D eigenvalue weighted by Gasteiger charge is 2.08. The van der Waals surface area contributed by atoms with Gasteiger partial charge in [0.25, 0.3) is 0 Å². The summed E-state index contributed by atoms with van der Waals surface area (Å²) < 4.78 is 3.71. The average molecular weight is 357 g/mol. The minimum atomic E-state index is 0. The van der Waals surface area contributed by atoms with Crippen LogP contribution in [0.2, 0.25) is 0 Å². The number of hydrogen-bond donors (Lipinski definition) is 1. The fourth-order valence-electron chi connectivity index (χ4n) is 2.33. The van der Waals surface area contributed by atoms with E-state index in [1.54, 1.807) is 10.9 Å². The van der Waals surface area contributed by atoms with Gasteiger partial charge in [-0.25, -0.2) is 9.25 Å². The maximum absolute atomic E-state index is 6.15. The lowest BCUT2D eigenvalue weighted by molar-refractivity contribution is -0.671. The van der Waals surface area contributed by atoms with Crippen LogP contribution in [0.25, 0.3) is 0 Å². The standard InChI is InChI=1S/C18H21N6.ClH/c1-13-4-5-14(2)16(10-13)21-22-17-11-20-24(18(17)19)12-15-6-8-23(3)9-7-15;/h4-11H,12,19H2,1-3H3;1H/q+1;/p-1/b22-21+;. The number of rotatable bonds is 4. The zero-order valence-electron chi connectivity index (χ0n) is 14.5. The second-order valence-electron chi connectivity index (χ2n) is 5.93. The van der Waals surface area contributed by atoms with Gasteiger partial charge in [0, 0.05) is 12.1 Å². The molecule has 7 heteroatoms. The van der Waals surface area contributed by atoms with Crippen LogP contribution in [-0.2, 0) is 13.6 Å². The number of anilines is 1. The number of pyridine rings is 1. The molecule has 6 nitrogen and oxygen atoms in total. The van der Waals surface area contributed by atoms with Crippen LogP contribution in [0.5, 0.6) is 0 Å². The van der Waals surface area contributed by atoms with Crippen LogP contribution in [0.15, 0.2) is 59.2 Å². The van der Waals surface area contributed by atoms with E-state index < -0.39 is 0 Å². The number of hydrogen-bond acceptors (Lipinski definition) is 4. The van der Waals surface area contributed by atoms with Gasteiger partial charge in [-0.3, -0.25) is 0 Å². The maximum Gasteiger partial charge on any atom is 0.168 e. The van der Waals surface area contributed by atoms with Crippen molar-refractivity contribution in [3.05, 3.63) is 65.6 Å². The zero-order chi connectivity index (χ0) is 17.1.